The second kappa shape index (κ2) is 14.3. The average molecular weight is 645 g/mol. The van der Waals surface area contributed by atoms with Crippen LogP contribution in [0.1, 0.15) is 59.3 Å². The second-order valence-electron chi connectivity index (χ2n) is 11.6. The average Bonchev–Trinajstić information content (AvgIpc) is 3.54. The molecule has 1 saturated heterocycles. The fourth-order valence-electron chi connectivity index (χ4n) is 5.11. The zero-order valence-electron chi connectivity index (χ0n) is 25.8. The van der Waals surface area contributed by atoms with Crippen molar-refractivity contribution in [3.63, 3.8) is 0 Å². The van der Waals surface area contributed by atoms with Crippen LogP contribution in [0, 0.1) is 5.41 Å². The Morgan fingerprint density at radius 2 is 2.09 bits per heavy atom. The Labute approximate surface area is 261 Å². The topological polar surface area (TPSA) is 182 Å². The number of para-hydroxylation sites is 1. The molecule has 1 saturated carbocycles. The molecule has 3 aromatic rings. The molecule has 1 aliphatic carbocycles. The summed E-state index contributed by atoms with van der Waals surface area (Å²) in [5.74, 6) is -0.290. The first-order chi connectivity index (χ1) is 21.6. The predicted octanol–water partition coefficient (Wildman–Crippen LogP) is 4.39. The maximum Gasteiger partial charge on any atom is 0.459 e. The molecule has 5 atom stereocenters. The fraction of sp³-hybridized carbons (Fsp3) is 0.533. The van der Waals surface area contributed by atoms with Crippen LogP contribution in [0.2, 0.25) is 0 Å². The lowest BCUT2D eigenvalue weighted by Gasteiger charge is -2.27. The zero-order chi connectivity index (χ0) is 32.0. The number of aromatic nitrogens is 4. The molecule has 4 unspecified atom stereocenters. The van der Waals surface area contributed by atoms with Gasteiger partial charge in [0, 0.05) is 18.2 Å². The van der Waals surface area contributed by atoms with Gasteiger partial charge in [-0.05, 0) is 63.7 Å². The first kappa shape index (κ1) is 32.8. The molecule has 45 heavy (non-hydrogen) atoms. The minimum absolute atomic E-state index is 0.0300. The minimum Gasteiger partial charge on any atom is -0.462 e. The lowest BCUT2D eigenvalue weighted by atomic mass is 10.1. The fourth-order valence-corrected chi connectivity index (χ4v) is 6.68. The molecule has 1 aromatic carbocycles. The van der Waals surface area contributed by atoms with E-state index in [0.717, 1.165) is 31.3 Å². The van der Waals surface area contributed by atoms with Crippen LogP contribution in [0.5, 0.6) is 5.75 Å². The summed E-state index contributed by atoms with van der Waals surface area (Å²) >= 11 is 0. The van der Waals surface area contributed by atoms with Crippen molar-refractivity contribution in [1.82, 2.24) is 24.6 Å². The Bertz CT molecular complexity index is 1600. The Morgan fingerprint density at radius 3 is 2.82 bits per heavy atom. The van der Waals surface area contributed by atoms with Crippen LogP contribution in [0.25, 0.3) is 17.4 Å². The summed E-state index contributed by atoms with van der Waals surface area (Å²) in [4.78, 5) is 36.0. The molecule has 2 fully saturated rings. The van der Waals surface area contributed by atoms with E-state index in [4.69, 9.17) is 29.0 Å². The van der Waals surface area contributed by atoms with Gasteiger partial charge in [0.1, 0.15) is 18.1 Å². The Hall–Kier alpha value is -3.55. The molecule has 0 amide bonds. The van der Waals surface area contributed by atoms with Gasteiger partial charge in [0.15, 0.2) is 17.5 Å². The number of nitrogens with one attached hydrogen (secondary N) is 2. The molecular weight excluding hydrogens is 603 g/mol. The maximum atomic E-state index is 14.2. The molecule has 1 aliphatic heterocycles. The van der Waals surface area contributed by atoms with Crippen molar-refractivity contribution in [1.29, 1.82) is 0 Å². The number of rotatable bonds is 15. The summed E-state index contributed by atoms with van der Waals surface area (Å²) in [6, 6.07) is 7.60. The van der Waals surface area contributed by atoms with Crippen molar-refractivity contribution in [2.24, 2.45) is 5.41 Å². The molecule has 0 bridgehead atoms. The number of nitrogen functional groups attached to an aromatic ring is 1. The summed E-state index contributed by atoms with van der Waals surface area (Å²) in [6.07, 6.45) is 7.44. The van der Waals surface area contributed by atoms with Crippen molar-refractivity contribution in [2.45, 2.75) is 77.7 Å². The second-order valence-corrected chi connectivity index (χ2v) is 13.2. The molecule has 244 valence electrons. The van der Waals surface area contributed by atoms with Crippen LogP contribution >= 0.6 is 7.75 Å². The minimum atomic E-state index is -4.13. The van der Waals surface area contributed by atoms with Crippen molar-refractivity contribution in [2.75, 3.05) is 25.6 Å². The van der Waals surface area contributed by atoms with Gasteiger partial charge in [0.2, 0.25) is 5.95 Å². The number of anilines is 1. The van der Waals surface area contributed by atoms with Crippen molar-refractivity contribution < 1.29 is 32.6 Å². The zero-order valence-corrected chi connectivity index (χ0v) is 26.7. The summed E-state index contributed by atoms with van der Waals surface area (Å²) in [5, 5.41) is 2.77. The molecule has 3 heterocycles. The highest BCUT2D eigenvalue weighted by Gasteiger charge is 2.52. The third-order valence-corrected chi connectivity index (χ3v) is 9.34. The van der Waals surface area contributed by atoms with E-state index in [9.17, 15) is 14.2 Å². The summed E-state index contributed by atoms with van der Waals surface area (Å²) in [5.41, 5.74) is 5.95. The van der Waals surface area contributed by atoms with E-state index >= 15 is 0 Å². The molecule has 0 radical (unpaired) electrons. The first-order valence-electron chi connectivity index (χ1n) is 15.2. The van der Waals surface area contributed by atoms with E-state index in [1.807, 2.05) is 13.8 Å². The number of carbonyl (C=O) groups is 1. The molecule has 0 spiro atoms. The molecule has 2 aromatic heterocycles. The van der Waals surface area contributed by atoms with Crippen LogP contribution in [0.15, 0.2) is 47.0 Å². The lowest BCUT2D eigenvalue weighted by molar-refractivity contribution is -0.171. The third kappa shape index (κ3) is 8.39. The molecule has 2 aliphatic rings. The summed E-state index contributed by atoms with van der Waals surface area (Å²) < 4.78 is 45.3. The Balaban J connectivity index is 1.38. The SMILES string of the molecule is CCCC(C)OC(=O)C(C)N[P@](=O)(OCC1(COC2CCCCO2)C/C1=C/n1cnc2c(=O)[nH]c(N)nc21)Oc1ccccc1. The van der Waals surface area contributed by atoms with Crippen LogP contribution in [0.3, 0.4) is 0 Å². The van der Waals surface area contributed by atoms with Crippen LogP contribution in [-0.2, 0) is 28.1 Å². The quantitative estimate of drug-likeness (QED) is 0.157. The van der Waals surface area contributed by atoms with E-state index in [-0.39, 0.29) is 37.1 Å². The largest absolute Gasteiger partial charge is 0.462 e. The van der Waals surface area contributed by atoms with E-state index in [1.165, 1.54) is 6.33 Å². The number of nitrogens with zero attached hydrogens (tertiary/aromatic N) is 3. The Kier molecular flexibility index (Phi) is 10.4. The monoisotopic (exact) mass is 644 g/mol. The van der Waals surface area contributed by atoms with Gasteiger partial charge in [-0.1, -0.05) is 31.5 Å². The number of aromatic amines is 1. The first-order valence-corrected chi connectivity index (χ1v) is 16.8. The van der Waals surface area contributed by atoms with Gasteiger partial charge in [-0.2, -0.15) is 10.1 Å². The normalized spacial score (nSPS) is 23.4. The smallest absolute Gasteiger partial charge is 0.459 e. The van der Waals surface area contributed by atoms with Gasteiger partial charge >= 0.3 is 13.7 Å². The number of nitrogens with two attached hydrogens (primary N) is 1. The number of benzene rings is 1. The molecule has 5 rings (SSSR count). The number of hydrogen-bond donors (Lipinski definition) is 3. The van der Waals surface area contributed by atoms with Crippen LogP contribution in [0.4, 0.5) is 5.95 Å². The van der Waals surface area contributed by atoms with Gasteiger partial charge in [-0.15, -0.1) is 0 Å². The molecule has 4 N–H and O–H groups in total. The van der Waals surface area contributed by atoms with E-state index in [1.54, 1.807) is 48.0 Å². The maximum absolute atomic E-state index is 14.2. The lowest BCUT2D eigenvalue weighted by Crippen LogP contribution is -2.37. The number of carbonyl (C=O) groups excluding carboxylic acids is 1. The number of fused-ring (bicyclic) bond motifs is 1. The standard InChI is InChI=1S/C30H41N6O8P/c1-4-10-20(2)43-28(38)21(3)35-45(39,44-23-11-6-5-7-12-23)42-18-30(17-41-24-13-8-9-14-40-24)15-22(30)16-36-19-32-25-26(36)33-29(31)34-27(25)37/h5-7,11-12,16,19-21,24H,4,8-10,13-15,17-18H2,1-3H3,(H,35,39)(H3,31,33,34,37)/b22-16-/t20?,21?,24?,30?,45-/m0/s1. The highest BCUT2D eigenvalue weighted by molar-refractivity contribution is 7.52. The van der Waals surface area contributed by atoms with Gasteiger partial charge < -0.3 is 24.5 Å². The number of hydrogen-bond acceptors (Lipinski definition) is 11. The predicted molar refractivity (Wildman–Crippen MR) is 167 cm³/mol. The van der Waals surface area contributed by atoms with E-state index < -0.39 is 30.7 Å². The van der Waals surface area contributed by atoms with Gasteiger partial charge in [0.05, 0.1) is 19.3 Å². The van der Waals surface area contributed by atoms with Crippen molar-refractivity contribution >= 4 is 37.0 Å². The van der Waals surface area contributed by atoms with Crippen molar-refractivity contribution in [3.05, 3.63) is 52.6 Å². The number of imidazole rings is 1. The van der Waals surface area contributed by atoms with E-state index in [0.29, 0.717) is 30.8 Å². The van der Waals surface area contributed by atoms with Crippen LogP contribution < -0.4 is 20.9 Å². The third-order valence-electron chi connectivity index (χ3n) is 7.71. The van der Waals surface area contributed by atoms with Crippen molar-refractivity contribution in [3.8, 4) is 5.75 Å². The number of ether oxygens (including phenoxy) is 3. The highest BCUT2D eigenvalue weighted by Crippen LogP contribution is 2.57. The molecule has 15 heteroatoms. The van der Waals surface area contributed by atoms with Crippen LogP contribution in [-0.4, -0.2) is 63.7 Å². The molecular formula is C30H41N6O8P. The van der Waals surface area contributed by atoms with E-state index in [2.05, 4.69) is 20.0 Å². The summed E-state index contributed by atoms with van der Waals surface area (Å²) in [6.45, 7) is 6.13. The van der Waals surface area contributed by atoms with Gasteiger partial charge in [0.25, 0.3) is 5.56 Å². The molecule has 14 nitrogen and oxygen atoms in total. The number of H-pyrrole nitrogens is 1. The highest BCUT2D eigenvalue weighted by atomic mass is 31.2. The Morgan fingerprint density at radius 1 is 1.29 bits per heavy atom. The summed E-state index contributed by atoms with van der Waals surface area (Å²) in [7, 11) is -4.13. The van der Waals surface area contributed by atoms with Gasteiger partial charge in [-0.3, -0.25) is 23.7 Å². The van der Waals surface area contributed by atoms with Gasteiger partial charge in [-0.25, -0.2) is 9.55 Å². The number of esters is 1.